The van der Waals surface area contributed by atoms with Crippen LogP contribution >= 0.6 is 0 Å². The van der Waals surface area contributed by atoms with Crippen molar-refractivity contribution in [3.63, 3.8) is 0 Å². The zero-order valence-electron chi connectivity index (χ0n) is 11.9. The maximum Gasteiger partial charge on any atom is 0.134 e. The van der Waals surface area contributed by atoms with Crippen LogP contribution in [0.1, 0.15) is 44.9 Å². The molecule has 2 aromatic rings. The van der Waals surface area contributed by atoms with Gasteiger partial charge in [0, 0.05) is 5.39 Å². The van der Waals surface area contributed by atoms with Gasteiger partial charge in [0.2, 0.25) is 0 Å². The van der Waals surface area contributed by atoms with E-state index in [0.717, 1.165) is 30.2 Å². The van der Waals surface area contributed by atoms with E-state index >= 15 is 0 Å². The van der Waals surface area contributed by atoms with Crippen molar-refractivity contribution in [1.29, 1.82) is 0 Å². The van der Waals surface area contributed by atoms with Crippen LogP contribution in [0, 0.1) is 11.8 Å². The second kappa shape index (κ2) is 5.38. The summed E-state index contributed by atoms with van der Waals surface area (Å²) in [4.78, 5) is 0. The van der Waals surface area contributed by atoms with E-state index in [-0.39, 0.29) is 0 Å². The molecule has 0 spiro atoms. The van der Waals surface area contributed by atoms with E-state index < -0.39 is 0 Å². The van der Waals surface area contributed by atoms with Gasteiger partial charge >= 0.3 is 0 Å². The number of hydrogen-bond donors (Lipinski definition) is 1. The Labute approximate surface area is 115 Å². The fourth-order valence-corrected chi connectivity index (χ4v) is 2.90. The summed E-state index contributed by atoms with van der Waals surface area (Å²) >= 11 is 0. The van der Waals surface area contributed by atoms with Crippen molar-refractivity contribution in [2.75, 3.05) is 6.54 Å². The SMILES string of the molecule is CCCNC(c1cc2ccccc2o1)C(C)C1CC1. The second-order valence-corrected chi connectivity index (χ2v) is 5.81. The monoisotopic (exact) mass is 257 g/mol. The van der Waals surface area contributed by atoms with Crippen LogP contribution in [-0.4, -0.2) is 6.54 Å². The van der Waals surface area contributed by atoms with Gasteiger partial charge < -0.3 is 9.73 Å². The van der Waals surface area contributed by atoms with Crippen LogP contribution in [0.5, 0.6) is 0 Å². The Bertz CT molecular complexity index is 508. The van der Waals surface area contributed by atoms with Crippen molar-refractivity contribution in [2.45, 2.75) is 39.2 Å². The number of benzene rings is 1. The first-order valence-corrected chi connectivity index (χ1v) is 7.51. The highest BCUT2D eigenvalue weighted by Gasteiger charge is 2.35. The van der Waals surface area contributed by atoms with Crippen molar-refractivity contribution in [3.8, 4) is 0 Å². The first kappa shape index (κ1) is 12.7. The Morgan fingerprint density at radius 2 is 2.11 bits per heavy atom. The van der Waals surface area contributed by atoms with Crippen LogP contribution in [0.4, 0.5) is 0 Å². The van der Waals surface area contributed by atoms with E-state index in [9.17, 15) is 0 Å². The molecule has 102 valence electrons. The summed E-state index contributed by atoms with van der Waals surface area (Å²) < 4.78 is 6.06. The predicted molar refractivity (Wildman–Crippen MR) is 79.1 cm³/mol. The Kier molecular flexibility index (Phi) is 3.61. The zero-order valence-corrected chi connectivity index (χ0v) is 11.9. The minimum absolute atomic E-state index is 0.361. The van der Waals surface area contributed by atoms with Crippen LogP contribution in [0.25, 0.3) is 11.0 Å². The topological polar surface area (TPSA) is 25.2 Å². The first-order chi connectivity index (χ1) is 9.29. The van der Waals surface area contributed by atoms with E-state index in [1.165, 1.54) is 18.2 Å². The van der Waals surface area contributed by atoms with Crippen molar-refractivity contribution < 1.29 is 4.42 Å². The summed E-state index contributed by atoms with van der Waals surface area (Å²) in [6, 6.07) is 10.9. The third-order valence-electron chi connectivity index (χ3n) is 4.26. The molecule has 2 unspecified atom stereocenters. The van der Waals surface area contributed by atoms with Gasteiger partial charge in [0.15, 0.2) is 0 Å². The standard InChI is InChI=1S/C17H23NO/c1-3-10-18-17(12(2)13-8-9-13)16-11-14-6-4-5-7-15(14)19-16/h4-7,11-13,17-18H,3,8-10H2,1-2H3. The van der Waals surface area contributed by atoms with E-state index in [0.29, 0.717) is 12.0 Å². The molecule has 3 rings (SSSR count). The van der Waals surface area contributed by atoms with Gasteiger partial charge in [-0.15, -0.1) is 0 Å². The Morgan fingerprint density at radius 3 is 2.79 bits per heavy atom. The van der Waals surface area contributed by atoms with Gasteiger partial charge in [-0.05, 0) is 49.8 Å². The van der Waals surface area contributed by atoms with E-state index in [1.54, 1.807) is 0 Å². The first-order valence-electron chi connectivity index (χ1n) is 7.51. The highest BCUT2D eigenvalue weighted by molar-refractivity contribution is 5.77. The molecule has 19 heavy (non-hydrogen) atoms. The summed E-state index contributed by atoms with van der Waals surface area (Å²) in [5.41, 5.74) is 1.00. The third kappa shape index (κ3) is 2.69. The molecule has 2 atom stereocenters. The van der Waals surface area contributed by atoms with Gasteiger partial charge in [-0.25, -0.2) is 0 Å². The van der Waals surface area contributed by atoms with Crippen LogP contribution in [-0.2, 0) is 0 Å². The van der Waals surface area contributed by atoms with Crippen LogP contribution < -0.4 is 5.32 Å². The Balaban J connectivity index is 1.88. The minimum atomic E-state index is 0.361. The Morgan fingerprint density at radius 1 is 1.32 bits per heavy atom. The molecule has 0 radical (unpaired) electrons. The molecule has 2 heteroatoms. The van der Waals surface area contributed by atoms with E-state index in [4.69, 9.17) is 4.42 Å². The van der Waals surface area contributed by atoms with E-state index in [2.05, 4.69) is 43.4 Å². The lowest BCUT2D eigenvalue weighted by molar-refractivity contribution is 0.306. The van der Waals surface area contributed by atoms with Crippen molar-refractivity contribution in [2.24, 2.45) is 11.8 Å². The molecule has 0 amide bonds. The molecule has 0 bridgehead atoms. The average Bonchev–Trinajstić information content (AvgIpc) is 3.18. The lowest BCUT2D eigenvalue weighted by atomic mass is 9.94. The second-order valence-electron chi connectivity index (χ2n) is 5.81. The molecule has 1 aromatic carbocycles. The van der Waals surface area contributed by atoms with Gasteiger partial charge in [-0.1, -0.05) is 32.0 Å². The van der Waals surface area contributed by atoms with Crippen LogP contribution in [0.15, 0.2) is 34.7 Å². The smallest absolute Gasteiger partial charge is 0.134 e. The summed E-state index contributed by atoms with van der Waals surface area (Å²) in [5, 5.41) is 4.89. The summed E-state index contributed by atoms with van der Waals surface area (Å²) in [5.74, 6) is 2.64. The lowest BCUT2D eigenvalue weighted by Crippen LogP contribution is -2.28. The third-order valence-corrected chi connectivity index (χ3v) is 4.26. The zero-order chi connectivity index (χ0) is 13.2. The normalized spacial score (nSPS) is 18.6. The highest BCUT2D eigenvalue weighted by atomic mass is 16.3. The van der Waals surface area contributed by atoms with E-state index in [1.807, 2.05) is 6.07 Å². The fourth-order valence-electron chi connectivity index (χ4n) is 2.90. The average molecular weight is 257 g/mol. The maximum atomic E-state index is 6.06. The number of para-hydroxylation sites is 1. The summed E-state index contributed by atoms with van der Waals surface area (Å²) in [6.45, 7) is 5.63. The molecule has 1 aliphatic rings. The molecule has 1 aliphatic carbocycles. The molecule has 0 saturated heterocycles. The Hall–Kier alpha value is -1.28. The van der Waals surface area contributed by atoms with Gasteiger partial charge in [-0.2, -0.15) is 0 Å². The fraction of sp³-hybridized carbons (Fsp3) is 0.529. The summed E-state index contributed by atoms with van der Waals surface area (Å²) in [7, 11) is 0. The molecular weight excluding hydrogens is 234 g/mol. The molecule has 1 heterocycles. The largest absolute Gasteiger partial charge is 0.459 e. The maximum absolute atomic E-state index is 6.06. The summed E-state index contributed by atoms with van der Waals surface area (Å²) in [6.07, 6.45) is 3.92. The predicted octanol–water partition coefficient (Wildman–Crippen LogP) is 4.52. The quantitative estimate of drug-likeness (QED) is 0.823. The van der Waals surface area contributed by atoms with Gasteiger partial charge in [-0.3, -0.25) is 0 Å². The van der Waals surface area contributed by atoms with Crippen molar-refractivity contribution in [1.82, 2.24) is 5.32 Å². The lowest BCUT2D eigenvalue weighted by Gasteiger charge is -2.23. The molecule has 1 aromatic heterocycles. The van der Waals surface area contributed by atoms with Crippen LogP contribution in [0.3, 0.4) is 0 Å². The highest BCUT2D eigenvalue weighted by Crippen LogP contribution is 2.43. The minimum Gasteiger partial charge on any atom is -0.459 e. The van der Waals surface area contributed by atoms with Crippen molar-refractivity contribution in [3.05, 3.63) is 36.1 Å². The molecule has 1 N–H and O–H groups in total. The number of nitrogens with one attached hydrogen (secondary N) is 1. The molecule has 0 aliphatic heterocycles. The number of rotatable bonds is 6. The molecule has 1 fully saturated rings. The van der Waals surface area contributed by atoms with Crippen LogP contribution in [0.2, 0.25) is 0 Å². The molecular formula is C17H23NO. The van der Waals surface area contributed by atoms with Gasteiger partial charge in [0.25, 0.3) is 0 Å². The number of furan rings is 1. The van der Waals surface area contributed by atoms with Gasteiger partial charge in [0.05, 0.1) is 6.04 Å². The number of fused-ring (bicyclic) bond motifs is 1. The van der Waals surface area contributed by atoms with Gasteiger partial charge in [0.1, 0.15) is 11.3 Å². The molecule has 1 saturated carbocycles. The van der Waals surface area contributed by atoms with Crippen molar-refractivity contribution >= 4 is 11.0 Å². The molecule has 2 nitrogen and oxygen atoms in total. The number of hydrogen-bond acceptors (Lipinski definition) is 2.